The third-order valence-corrected chi connectivity index (χ3v) is 4.65. The number of thioether (sulfide) groups is 1. The van der Waals surface area contributed by atoms with Gasteiger partial charge in [-0.2, -0.15) is 0 Å². The number of rotatable bonds is 5. The number of hydrogen-bond acceptors (Lipinski definition) is 3. The number of aliphatic carboxylic acids is 1. The molecular formula is C16H21NO3S. The maximum Gasteiger partial charge on any atom is 0.303 e. The maximum absolute atomic E-state index is 12.5. The molecule has 1 atom stereocenters. The van der Waals surface area contributed by atoms with E-state index in [-0.39, 0.29) is 12.3 Å². The van der Waals surface area contributed by atoms with Crippen LogP contribution in [0.4, 0.5) is 0 Å². The Kier molecular flexibility index (Phi) is 5.67. The third kappa shape index (κ3) is 4.49. The van der Waals surface area contributed by atoms with Crippen LogP contribution in [0.25, 0.3) is 0 Å². The summed E-state index contributed by atoms with van der Waals surface area (Å²) in [4.78, 5) is 26.2. The van der Waals surface area contributed by atoms with E-state index in [0.717, 1.165) is 24.3 Å². The monoisotopic (exact) mass is 307 g/mol. The van der Waals surface area contributed by atoms with Crippen molar-refractivity contribution in [3.8, 4) is 0 Å². The van der Waals surface area contributed by atoms with Gasteiger partial charge in [0.1, 0.15) is 0 Å². The van der Waals surface area contributed by atoms with Gasteiger partial charge in [0.15, 0.2) is 0 Å². The number of nitrogens with zero attached hydrogens (tertiary/aromatic N) is 1. The zero-order valence-corrected chi connectivity index (χ0v) is 13.1. The lowest BCUT2D eigenvalue weighted by atomic mass is 9.93. The number of hydrogen-bond donors (Lipinski definition) is 1. The fraction of sp³-hybridized carbons (Fsp3) is 0.500. The van der Waals surface area contributed by atoms with E-state index >= 15 is 0 Å². The Morgan fingerprint density at radius 3 is 2.67 bits per heavy atom. The first-order valence-corrected chi connectivity index (χ1v) is 8.47. The van der Waals surface area contributed by atoms with Crippen LogP contribution in [-0.2, 0) is 4.79 Å². The zero-order valence-electron chi connectivity index (χ0n) is 12.2. The lowest BCUT2D eigenvalue weighted by molar-refractivity contribution is -0.137. The molecule has 5 heteroatoms. The van der Waals surface area contributed by atoms with Crippen molar-refractivity contribution in [3.05, 3.63) is 29.8 Å². The first kappa shape index (κ1) is 15.9. The number of carbonyl (C=O) groups excluding carboxylic acids is 1. The van der Waals surface area contributed by atoms with Gasteiger partial charge in [0, 0.05) is 30.0 Å². The van der Waals surface area contributed by atoms with Gasteiger partial charge in [0.25, 0.3) is 5.91 Å². The highest BCUT2D eigenvalue weighted by Crippen LogP contribution is 2.23. The summed E-state index contributed by atoms with van der Waals surface area (Å²) in [6, 6.07) is 7.66. The Hall–Kier alpha value is -1.49. The second-order valence-corrected chi connectivity index (χ2v) is 6.30. The van der Waals surface area contributed by atoms with E-state index in [1.54, 1.807) is 11.8 Å². The summed E-state index contributed by atoms with van der Waals surface area (Å²) < 4.78 is 0. The SMILES string of the molecule is CSc1ccc(C(=O)N2CCC[C@@H](CCC(=O)O)C2)cc1. The molecule has 0 unspecified atom stereocenters. The molecule has 21 heavy (non-hydrogen) atoms. The molecule has 0 bridgehead atoms. The van der Waals surface area contributed by atoms with Crippen LogP contribution in [0.3, 0.4) is 0 Å². The van der Waals surface area contributed by atoms with Crippen molar-refractivity contribution in [2.24, 2.45) is 5.92 Å². The van der Waals surface area contributed by atoms with Crippen molar-refractivity contribution in [1.29, 1.82) is 0 Å². The summed E-state index contributed by atoms with van der Waals surface area (Å²) in [5, 5.41) is 8.76. The predicted molar refractivity (Wildman–Crippen MR) is 83.7 cm³/mol. The molecule has 1 N–H and O–H groups in total. The maximum atomic E-state index is 12.5. The van der Waals surface area contributed by atoms with Crippen LogP contribution in [0.5, 0.6) is 0 Å². The van der Waals surface area contributed by atoms with E-state index in [4.69, 9.17) is 5.11 Å². The number of carboxylic acid groups (broad SMARTS) is 1. The highest BCUT2D eigenvalue weighted by molar-refractivity contribution is 7.98. The zero-order chi connectivity index (χ0) is 15.2. The van der Waals surface area contributed by atoms with Gasteiger partial charge in [-0.15, -0.1) is 11.8 Å². The van der Waals surface area contributed by atoms with E-state index in [9.17, 15) is 9.59 Å². The molecule has 4 nitrogen and oxygen atoms in total. The molecule has 1 aliphatic rings. The molecule has 0 spiro atoms. The van der Waals surface area contributed by atoms with Crippen molar-refractivity contribution in [2.45, 2.75) is 30.6 Å². The van der Waals surface area contributed by atoms with Crippen LogP contribution in [-0.4, -0.2) is 41.2 Å². The van der Waals surface area contributed by atoms with Crippen LogP contribution >= 0.6 is 11.8 Å². The number of carboxylic acids is 1. The molecule has 1 aliphatic heterocycles. The van der Waals surface area contributed by atoms with Crippen LogP contribution in [0, 0.1) is 5.92 Å². The summed E-state index contributed by atoms with van der Waals surface area (Å²) in [5.74, 6) is -0.391. The summed E-state index contributed by atoms with van der Waals surface area (Å²) in [6.45, 7) is 1.45. The lowest BCUT2D eigenvalue weighted by Gasteiger charge is -2.32. The van der Waals surface area contributed by atoms with Gasteiger partial charge in [0.2, 0.25) is 0 Å². The highest BCUT2D eigenvalue weighted by Gasteiger charge is 2.24. The Morgan fingerprint density at radius 1 is 1.33 bits per heavy atom. The molecule has 1 amide bonds. The smallest absolute Gasteiger partial charge is 0.303 e. The largest absolute Gasteiger partial charge is 0.481 e. The molecular weight excluding hydrogens is 286 g/mol. The van der Waals surface area contributed by atoms with Crippen molar-refractivity contribution in [3.63, 3.8) is 0 Å². The molecule has 0 aromatic heterocycles. The number of carbonyl (C=O) groups is 2. The molecule has 1 aromatic carbocycles. The quantitative estimate of drug-likeness (QED) is 0.849. The van der Waals surface area contributed by atoms with E-state index < -0.39 is 5.97 Å². The van der Waals surface area contributed by atoms with Gasteiger partial charge >= 0.3 is 5.97 Å². The van der Waals surface area contributed by atoms with Gasteiger partial charge in [0.05, 0.1) is 0 Å². The van der Waals surface area contributed by atoms with E-state index in [2.05, 4.69) is 0 Å². The van der Waals surface area contributed by atoms with Gasteiger partial charge in [-0.1, -0.05) is 0 Å². The van der Waals surface area contributed by atoms with E-state index in [1.807, 2.05) is 35.4 Å². The summed E-state index contributed by atoms with van der Waals surface area (Å²) in [5.41, 5.74) is 0.715. The van der Waals surface area contributed by atoms with Crippen molar-refractivity contribution in [1.82, 2.24) is 4.90 Å². The molecule has 1 saturated heterocycles. The average Bonchev–Trinajstić information content (AvgIpc) is 2.52. The lowest BCUT2D eigenvalue weighted by Crippen LogP contribution is -2.40. The third-order valence-electron chi connectivity index (χ3n) is 3.91. The molecule has 0 aliphatic carbocycles. The number of likely N-dealkylation sites (tertiary alicyclic amines) is 1. The van der Waals surface area contributed by atoms with E-state index in [1.165, 1.54) is 0 Å². The van der Waals surface area contributed by atoms with E-state index in [0.29, 0.717) is 24.4 Å². The Balaban J connectivity index is 1.96. The normalized spacial score (nSPS) is 18.5. The van der Waals surface area contributed by atoms with Crippen LogP contribution in [0.2, 0.25) is 0 Å². The van der Waals surface area contributed by atoms with Crippen LogP contribution in [0.1, 0.15) is 36.0 Å². The van der Waals surface area contributed by atoms with Gasteiger partial charge in [-0.3, -0.25) is 9.59 Å². The molecule has 1 fully saturated rings. The van der Waals surface area contributed by atoms with Crippen molar-refractivity contribution < 1.29 is 14.7 Å². The van der Waals surface area contributed by atoms with Gasteiger partial charge in [-0.25, -0.2) is 0 Å². The van der Waals surface area contributed by atoms with Crippen molar-refractivity contribution >= 4 is 23.6 Å². The summed E-state index contributed by atoms with van der Waals surface area (Å²) in [6.07, 6.45) is 4.83. The molecule has 1 heterocycles. The number of amides is 1. The minimum absolute atomic E-state index is 0.0580. The average molecular weight is 307 g/mol. The van der Waals surface area contributed by atoms with Gasteiger partial charge in [-0.05, 0) is 55.7 Å². The Bertz CT molecular complexity index is 501. The fourth-order valence-corrected chi connectivity index (χ4v) is 3.14. The first-order chi connectivity index (χ1) is 10.1. The first-order valence-electron chi connectivity index (χ1n) is 7.25. The highest BCUT2D eigenvalue weighted by atomic mass is 32.2. The summed E-state index contributed by atoms with van der Waals surface area (Å²) in [7, 11) is 0. The predicted octanol–water partition coefficient (Wildman–Crippen LogP) is 3.13. The number of piperidine rings is 1. The topological polar surface area (TPSA) is 57.6 Å². The Labute approximate surface area is 129 Å². The van der Waals surface area contributed by atoms with Crippen LogP contribution < -0.4 is 0 Å². The fourth-order valence-electron chi connectivity index (χ4n) is 2.73. The molecule has 0 radical (unpaired) electrons. The summed E-state index contributed by atoms with van der Waals surface area (Å²) >= 11 is 1.65. The second-order valence-electron chi connectivity index (χ2n) is 5.42. The minimum atomic E-state index is -0.758. The number of benzene rings is 1. The Morgan fingerprint density at radius 2 is 2.05 bits per heavy atom. The molecule has 2 rings (SSSR count). The standard InChI is InChI=1S/C16H21NO3S/c1-21-14-7-5-13(6-8-14)16(20)17-10-2-3-12(11-17)4-9-15(18)19/h5-8,12H,2-4,9-11H2,1H3,(H,18,19)/t12-/m0/s1. The molecule has 1 aromatic rings. The molecule has 0 saturated carbocycles. The van der Waals surface area contributed by atoms with Gasteiger partial charge < -0.3 is 10.0 Å². The van der Waals surface area contributed by atoms with Crippen LogP contribution in [0.15, 0.2) is 29.2 Å². The molecule has 114 valence electrons. The van der Waals surface area contributed by atoms with Crippen molar-refractivity contribution in [2.75, 3.05) is 19.3 Å². The second kappa shape index (κ2) is 7.50. The minimum Gasteiger partial charge on any atom is -0.481 e.